The molecule has 194 valence electrons. The maximum absolute atomic E-state index is 12.4. The Hall–Kier alpha value is -4.66. The third-order valence-corrected chi connectivity index (χ3v) is 6.23. The van der Waals surface area contributed by atoms with Crippen LogP contribution in [-0.2, 0) is 11.3 Å². The van der Waals surface area contributed by atoms with E-state index in [4.69, 9.17) is 14.2 Å². The quantitative estimate of drug-likeness (QED) is 0.280. The summed E-state index contributed by atoms with van der Waals surface area (Å²) in [5, 5.41) is 9.52. The molecule has 5 aromatic rings. The highest BCUT2D eigenvalue weighted by atomic mass is 16.5. The average Bonchev–Trinajstić information content (AvgIpc) is 3.33. The summed E-state index contributed by atoms with van der Waals surface area (Å²) in [7, 11) is 3.02. The number of carbonyl (C=O) groups excluding carboxylic acids is 1. The van der Waals surface area contributed by atoms with Crippen LogP contribution in [-0.4, -0.2) is 45.4 Å². The van der Waals surface area contributed by atoms with Crippen LogP contribution in [0.1, 0.15) is 26.6 Å². The molecule has 0 aliphatic rings. The van der Waals surface area contributed by atoms with Crippen LogP contribution in [0.5, 0.6) is 11.5 Å². The number of rotatable bonds is 6. The standard InChI is InChI=1S/C29H29N5O4/c1-29(2,3)34(28(35)37-5)21-9-6-19(7-10-21)20-8-13-26-31-32-27(33(26)17-20)18-38-25-14-15-30-24-16-22(36-4)11-12-23(24)25/h6-17H,18H2,1-5H3. The number of fused-ring (bicyclic) bond motifs is 2. The molecule has 2 aromatic carbocycles. The van der Waals surface area contributed by atoms with Crippen molar-refractivity contribution in [3.8, 4) is 22.6 Å². The molecule has 0 saturated heterocycles. The Balaban J connectivity index is 1.40. The fourth-order valence-corrected chi connectivity index (χ4v) is 4.37. The Bertz CT molecular complexity index is 1610. The van der Waals surface area contributed by atoms with E-state index < -0.39 is 11.6 Å². The number of methoxy groups -OCH3 is 2. The summed E-state index contributed by atoms with van der Waals surface area (Å²) < 4.78 is 18.4. The van der Waals surface area contributed by atoms with Gasteiger partial charge in [-0.25, -0.2) is 4.79 Å². The molecule has 3 aromatic heterocycles. The zero-order valence-corrected chi connectivity index (χ0v) is 22.0. The zero-order chi connectivity index (χ0) is 26.9. The van der Waals surface area contributed by atoms with Gasteiger partial charge in [0.05, 0.1) is 19.7 Å². The number of aromatic nitrogens is 4. The van der Waals surface area contributed by atoms with E-state index in [0.717, 1.165) is 39.1 Å². The lowest BCUT2D eigenvalue weighted by molar-refractivity contribution is 0.172. The van der Waals surface area contributed by atoms with E-state index in [1.807, 2.05) is 92.0 Å². The van der Waals surface area contributed by atoms with Crippen LogP contribution in [0.2, 0.25) is 0 Å². The summed E-state index contributed by atoms with van der Waals surface area (Å²) in [6, 6.07) is 19.2. The van der Waals surface area contributed by atoms with Crippen LogP contribution in [0, 0.1) is 0 Å². The summed E-state index contributed by atoms with van der Waals surface area (Å²) in [5.41, 5.74) is 3.80. The van der Waals surface area contributed by atoms with Crippen LogP contribution in [0.25, 0.3) is 27.7 Å². The van der Waals surface area contributed by atoms with Crippen molar-refractivity contribution < 1.29 is 19.0 Å². The Morgan fingerprint density at radius 1 is 0.947 bits per heavy atom. The maximum atomic E-state index is 12.4. The number of anilines is 1. The number of hydrogen-bond donors (Lipinski definition) is 0. The number of benzene rings is 2. The molecule has 9 heteroatoms. The molecule has 0 bridgehead atoms. The summed E-state index contributed by atoms with van der Waals surface area (Å²) in [6.07, 6.45) is 3.30. The van der Waals surface area contributed by atoms with Crippen LogP contribution in [0.15, 0.2) is 73.1 Å². The fourth-order valence-electron chi connectivity index (χ4n) is 4.37. The minimum Gasteiger partial charge on any atom is -0.497 e. The highest BCUT2D eigenvalue weighted by molar-refractivity contribution is 5.89. The van der Waals surface area contributed by atoms with Gasteiger partial charge in [-0.3, -0.25) is 14.3 Å². The Labute approximate surface area is 220 Å². The molecule has 0 radical (unpaired) electrons. The first kappa shape index (κ1) is 25.0. The minimum absolute atomic E-state index is 0.231. The topological polar surface area (TPSA) is 91.1 Å². The lowest BCUT2D eigenvalue weighted by Crippen LogP contribution is -2.45. The summed E-state index contributed by atoms with van der Waals surface area (Å²) in [6.45, 7) is 6.13. The van der Waals surface area contributed by atoms with Crippen molar-refractivity contribution in [1.29, 1.82) is 0 Å². The SMILES string of the molecule is COC(=O)N(c1ccc(-c2ccc3nnc(COc4ccnc5cc(OC)ccc45)n3c2)cc1)C(C)(C)C. The van der Waals surface area contributed by atoms with Gasteiger partial charge in [0.15, 0.2) is 11.5 Å². The molecule has 9 nitrogen and oxygen atoms in total. The molecule has 0 aliphatic carbocycles. The number of ether oxygens (including phenoxy) is 3. The van der Waals surface area contributed by atoms with Gasteiger partial charge in [-0.15, -0.1) is 10.2 Å². The highest BCUT2D eigenvalue weighted by Crippen LogP contribution is 2.30. The molecule has 0 aliphatic heterocycles. The molecule has 5 rings (SSSR count). The van der Waals surface area contributed by atoms with E-state index in [1.54, 1.807) is 18.2 Å². The molecule has 0 atom stereocenters. The average molecular weight is 512 g/mol. The second kappa shape index (κ2) is 10.0. The number of nitrogens with zero attached hydrogens (tertiary/aromatic N) is 5. The minimum atomic E-state index is -0.433. The monoisotopic (exact) mass is 511 g/mol. The van der Waals surface area contributed by atoms with Crippen molar-refractivity contribution in [3.05, 3.63) is 78.9 Å². The second-order valence-electron chi connectivity index (χ2n) is 9.77. The lowest BCUT2D eigenvalue weighted by Gasteiger charge is -2.34. The molecule has 0 fully saturated rings. The van der Waals surface area contributed by atoms with Crippen LogP contribution in [0.3, 0.4) is 0 Å². The van der Waals surface area contributed by atoms with Gasteiger partial charge in [0.25, 0.3) is 0 Å². The molecule has 1 amide bonds. The predicted octanol–water partition coefficient (Wildman–Crippen LogP) is 5.90. The summed E-state index contributed by atoms with van der Waals surface area (Å²) in [4.78, 5) is 18.4. The van der Waals surface area contributed by atoms with E-state index in [-0.39, 0.29) is 6.61 Å². The zero-order valence-electron chi connectivity index (χ0n) is 22.0. The molecular formula is C29H29N5O4. The fraction of sp³-hybridized carbons (Fsp3) is 0.241. The van der Waals surface area contributed by atoms with E-state index in [1.165, 1.54) is 7.11 Å². The maximum Gasteiger partial charge on any atom is 0.414 e. The lowest BCUT2D eigenvalue weighted by atomic mass is 10.0. The second-order valence-corrected chi connectivity index (χ2v) is 9.77. The Morgan fingerprint density at radius 3 is 2.42 bits per heavy atom. The van der Waals surface area contributed by atoms with Crippen LogP contribution < -0.4 is 14.4 Å². The predicted molar refractivity (Wildman–Crippen MR) is 146 cm³/mol. The summed E-state index contributed by atoms with van der Waals surface area (Å²) >= 11 is 0. The van der Waals surface area contributed by atoms with Crippen molar-refractivity contribution >= 4 is 28.3 Å². The first-order chi connectivity index (χ1) is 18.3. The normalized spacial score (nSPS) is 11.5. The van der Waals surface area contributed by atoms with Gasteiger partial charge >= 0.3 is 6.09 Å². The summed E-state index contributed by atoms with van der Waals surface area (Å²) in [5.74, 6) is 2.11. The van der Waals surface area contributed by atoms with Crippen molar-refractivity contribution in [3.63, 3.8) is 0 Å². The number of pyridine rings is 2. The molecule has 3 heterocycles. The number of carbonyl (C=O) groups is 1. The molecule has 38 heavy (non-hydrogen) atoms. The molecular weight excluding hydrogens is 482 g/mol. The largest absolute Gasteiger partial charge is 0.497 e. The van der Waals surface area contributed by atoms with Crippen molar-refractivity contribution in [2.45, 2.75) is 32.9 Å². The van der Waals surface area contributed by atoms with Gasteiger partial charge in [0.2, 0.25) is 0 Å². The van der Waals surface area contributed by atoms with E-state index in [2.05, 4.69) is 15.2 Å². The molecule has 0 saturated carbocycles. The van der Waals surface area contributed by atoms with Gasteiger partial charge in [-0.2, -0.15) is 0 Å². The smallest absolute Gasteiger partial charge is 0.414 e. The van der Waals surface area contributed by atoms with Crippen LogP contribution >= 0.6 is 0 Å². The van der Waals surface area contributed by atoms with E-state index in [0.29, 0.717) is 11.6 Å². The number of amides is 1. The first-order valence-electron chi connectivity index (χ1n) is 12.2. The highest BCUT2D eigenvalue weighted by Gasteiger charge is 2.28. The van der Waals surface area contributed by atoms with Crippen molar-refractivity contribution in [2.75, 3.05) is 19.1 Å². The third kappa shape index (κ3) is 4.82. The van der Waals surface area contributed by atoms with Crippen LogP contribution in [0.4, 0.5) is 10.5 Å². The van der Waals surface area contributed by atoms with E-state index in [9.17, 15) is 4.79 Å². The Kier molecular flexibility index (Phi) is 6.59. The van der Waals surface area contributed by atoms with E-state index >= 15 is 0 Å². The van der Waals surface area contributed by atoms with Gasteiger partial charge in [0, 0.05) is 35.1 Å². The number of hydrogen-bond acceptors (Lipinski definition) is 7. The van der Waals surface area contributed by atoms with Crippen molar-refractivity contribution in [2.24, 2.45) is 0 Å². The van der Waals surface area contributed by atoms with Gasteiger partial charge < -0.3 is 14.2 Å². The van der Waals surface area contributed by atoms with Gasteiger partial charge in [-0.1, -0.05) is 12.1 Å². The first-order valence-corrected chi connectivity index (χ1v) is 12.2. The third-order valence-electron chi connectivity index (χ3n) is 6.23. The molecule has 0 N–H and O–H groups in total. The van der Waals surface area contributed by atoms with Gasteiger partial charge in [-0.05, 0) is 74.4 Å². The molecule has 0 spiro atoms. The van der Waals surface area contributed by atoms with Crippen molar-refractivity contribution in [1.82, 2.24) is 19.6 Å². The molecule has 0 unspecified atom stereocenters. The Morgan fingerprint density at radius 2 is 1.71 bits per heavy atom. The van der Waals surface area contributed by atoms with Gasteiger partial charge in [0.1, 0.15) is 18.1 Å².